The van der Waals surface area contributed by atoms with Crippen molar-refractivity contribution >= 4 is 27.3 Å². The van der Waals surface area contributed by atoms with Crippen LogP contribution < -0.4 is 15.6 Å². The highest BCUT2D eigenvalue weighted by atomic mass is 32.2. The highest BCUT2D eigenvalue weighted by Gasteiger charge is 2.20. The number of aryl methyl sites for hydroxylation is 1. The summed E-state index contributed by atoms with van der Waals surface area (Å²) in [6.07, 6.45) is 0. The van der Waals surface area contributed by atoms with Crippen molar-refractivity contribution in [2.75, 3.05) is 10.0 Å². The number of para-hydroxylation sites is 1. The van der Waals surface area contributed by atoms with Crippen LogP contribution in [0.1, 0.15) is 21.6 Å². The van der Waals surface area contributed by atoms with Crippen LogP contribution in [0, 0.1) is 13.8 Å². The molecule has 8 nitrogen and oxygen atoms in total. The molecule has 1 heterocycles. The number of carbonyl (C=O) groups is 1. The molecule has 9 heteroatoms. The Morgan fingerprint density at radius 2 is 1.56 bits per heavy atom. The zero-order chi connectivity index (χ0) is 24.5. The number of rotatable bonds is 6. The molecule has 2 N–H and O–H groups in total. The number of anilines is 2. The van der Waals surface area contributed by atoms with Gasteiger partial charge in [0.2, 0.25) is 0 Å². The van der Waals surface area contributed by atoms with Crippen LogP contribution in [-0.4, -0.2) is 23.7 Å². The molecule has 4 aromatic rings. The van der Waals surface area contributed by atoms with Crippen LogP contribution in [0.4, 0.5) is 11.4 Å². The van der Waals surface area contributed by atoms with E-state index in [0.717, 1.165) is 5.56 Å². The van der Waals surface area contributed by atoms with Gasteiger partial charge in [-0.3, -0.25) is 19.0 Å². The van der Waals surface area contributed by atoms with Crippen molar-refractivity contribution in [1.82, 2.24) is 9.36 Å². The summed E-state index contributed by atoms with van der Waals surface area (Å²) in [5, 5.41) is 2.68. The highest BCUT2D eigenvalue weighted by Crippen LogP contribution is 2.19. The first-order chi connectivity index (χ1) is 16.2. The van der Waals surface area contributed by atoms with Crippen molar-refractivity contribution in [1.29, 1.82) is 0 Å². The van der Waals surface area contributed by atoms with E-state index in [1.54, 1.807) is 61.1 Å². The summed E-state index contributed by atoms with van der Waals surface area (Å²) in [6, 6.07) is 21.7. The summed E-state index contributed by atoms with van der Waals surface area (Å²) in [5.41, 5.74) is 2.43. The van der Waals surface area contributed by atoms with Gasteiger partial charge in [-0.25, -0.2) is 13.1 Å². The minimum absolute atomic E-state index is 0.120. The van der Waals surface area contributed by atoms with Gasteiger partial charge in [-0.15, -0.1) is 0 Å². The molecule has 1 aromatic heterocycles. The van der Waals surface area contributed by atoms with Gasteiger partial charge in [-0.2, -0.15) is 0 Å². The van der Waals surface area contributed by atoms with E-state index in [1.165, 1.54) is 22.9 Å². The summed E-state index contributed by atoms with van der Waals surface area (Å²) >= 11 is 0. The Balaban J connectivity index is 1.59. The maximum absolute atomic E-state index is 13.0. The summed E-state index contributed by atoms with van der Waals surface area (Å²) in [7, 11) is -2.08. The quantitative estimate of drug-likeness (QED) is 0.441. The molecule has 3 aromatic carbocycles. The van der Waals surface area contributed by atoms with Gasteiger partial charge in [-0.1, -0.05) is 42.0 Å². The van der Waals surface area contributed by atoms with E-state index < -0.39 is 15.9 Å². The normalized spacial score (nSPS) is 11.3. The number of hydrogen-bond acceptors (Lipinski definition) is 4. The van der Waals surface area contributed by atoms with Crippen LogP contribution >= 0.6 is 0 Å². The van der Waals surface area contributed by atoms with Gasteiger partial charge in [0.1, 0.15) is 5.69 Å². The molecule has 0 aliphatic carbocycles. The van der Waals surface area contributed by atoms with E-state index in [9.17, 15) is 18.0 Å². The predicted octanol–water partition coefficient (Wildman–Crippen LogP) is 3.85. The van der Waals surface area contributed by atoms with E-state index in [-0.39, 0.29) is 27.4 Å². The minimum atomic E-state index is -3.82. The Labute approximate surface area is 197 Å². The third-order valence-electron chi connectivity index (χ3n) is 5.50. The van der Waals surface area contributed by atoms with Crippen LogP contribution in [0.5, 0.6) is 0 Å². The molecular weight excluding hydrogens is 452 g/mol. The van der Waals surface area contributed by atoms with E-state index in [1.807, 2.05) is 25.1 Å². The number of sulfonamides is 1. The van der Waals surface area contributed by atoms with Crippen molar-refractivity contribution in [2.45, 2.75) is 18.7 Å². The highest BCUT2D eigenvalue weighted by molar-refractivity contribution is 7.92. The molecule has 0 saturated heterocycles. The largest absolute Gasteiger partial charge is 0.316 e. The topological polar surface area (TPSA) is 102 Å². The number of nitrogens with zero attached hydrogens (tertiary/aromatic N) is 2. The molecule has 174 valence electrons. The minimum Gasteiger partial charge on any atom is -0.316 e. The Morgan fingerprint density at radius 3 is 2.24 bits per heavy atom. The Kier molecular flexibility index (Phi) is 6.12. The van der Waals surface area contributed by atoms with Crippen molar-refractivity contribution in [3.8, 4) is 5.69 Å². The molecule has 4 rings (SSSR count). The summed E-state index contributed by atoms with van der Waals surface area (Å²) in [4.78, 5) is 26.1. The van der Waals surface area contributed by atoms with Gasteiger partial charge in [0.15, 0.2) is 0 Å². The zero-order valence-corrected chi connectivity index (χ0v) is 19.8. The number of benzene rings is 3. The Hall–Kier alpha value is -4.11. The standard InChI is InChI=1S/C25H24N4O4S/c1-17-12-14-22(15-13-17)34(32,33)27-20-9-7-8-19(16-20)24(30)26-23-18(2)28(3)29(25(23)31)21-10-5-4-6-11-21/h4-16,27H,1-3H3,(H,26,30). The lowest BCUT2D eigenvalue weighted by Crippen LogP contribution is -2.23. The molecule has 0 aliphatic heterocycles. The van der Waals surface area contributed by atoms with Gasteiger partial charge >= 0.3 is 0 Å². The Bertz CT molecular complexity index is 1520. The van der Waals surface area contributed by atoms with Gasteiger partial charge in [0.25, 0.3) is 21.5 Å². The number of hydrogen-bond donors (Lipinski definition) is 2. The molecule has 0 saturated carbocycles. The maximum atomic E-state index is 13.0. The molecule has 0 atom stereocenters. The lowest BCUT2D eigenvalue weighted by Gasteiger charge is -2.10. The summed E-state index contributed by atoms with van der Waals surface area (Å²) in [6.45, 7) is 3.61. The van der Waals surface area contributed by atoms with Gasteiger partial charge in [-0.05, 0) is 56.3 Å². The SMILES string of the molecule is Cc1ccc(S(=O)(=O)Nc2cccc(C(=O)Nc3c(C)n(C)n(-c4ccccc4)c3=O)c2)cc1. The summed E-state index contributed by atoms with van der Waals surface area (Å²) in [5.74, 6) is -0.526. The fourth-order valence-corrected chi connectivity index (χ4v) is 4.60. The van der Waals surface area contributed by atoms with Crippen LogP contribution in [-0.2, 0) is 17.1 Å². The number of amides is 1. The maximum Gasteiger partial charge on any atom is 0.295 e. The lowest BCUT2D eigenvalue weighted by molar-refractivity contribution is 0.102. The average Bonchev–Trinajstić information content (AvgIpc) is 3.02. The van der Waals surface area contributed by atoms with Crippen molar-refractivity contribution < 1.29 is 13.2 Å². The first kappa shape index (κ1) is 23.1. The fraction of sp³-hybridized carbons (Fsp3) is 0.120. The molecule has 0 fully saturated rings. The first-order valence-corrected chi connectivity index (χ1v) is 12.0. The second-order valence-corrected chi connectivity index (χ2v) is 9.57. The van der Waals surface area contributed by atoms with Crippen LogP contribution in [0.2, 0.25) is 0 Å². The van der Waals surface area contributed by atoms with E-state index in [2.05, 4.69) is 10.0 Å². The van der Waals surface area contributed by atoms with E-state index in [0.29, 0.717) is 11.4 Å². The molecule has 0 spiro atoms. The van der Waals surface area contributed by atoms with Crippen molar-refractivity contribution in [3.63, 3.8) is 0 Å². The molecule has 0 bridgehead atoms. The smallest absolute Gasteiger partial charge is 0.295 e. The molecule has 34 heavy (non-hydrogen) atoms. The molecule has 0 unspecified atom stereocenters. The summed E-state index contributed by atoms with van der Waals surface area (Å²) < 4.78 is 31.0. The van der Waals surface area contributed by atoms with Crippen LogP contribution in [0.15, 0.2) is 88.6 Å². The second-order valence-electron chi connectivity index (χ2n) is 7.89. The molecule has 0 aliphatic rings. The van der Waals surface area contributed by atoms with Gasteiger partial charge < -0.3 is 5.32 Å². The number of nitrogens with one attached hydrogen (secondary N) is 2. The van der Waals surface area contributed by atoms with Gasteiger partial charge in [0.05, 0.1) is 16.3 Å². The van der Waals surface area contributed by atoms with Crippen LogP contribution in [0.25, 0.3) is 5.69 Å². The molecule has 1 amide bonds. The van der Waals surface area contributed by atoms with Crippen LogP contribution in [0.3, 0.4) is 0 Å². The predicted molar refractivity (Wildman–Crippen MR) is 132 cm³/mol. The van der Waals surface area contributed by atoms with Crippen molar-refractivity contribution in [2.24, 2.45) is 7.05 Å². The first-order valence-electron chi connectivity index (χ1n) is 10.5. The number of carbonyl (C=O) groups excluding carboxylic acids is 1. The van der Waals surface area contributed by atoms with Crippen molar-refractivity contribution in [3.05, 3.63) is 106 Å². The third-order valence-corrected chi connectivity index (χ3v) is 6.90. The number of aromatic nitrogens is 2. The van der Waals surface area contributed by atoms with E-state index in [4.69, 9.17) is 0 Å². The van der Waals surface area contributed by atoms with E-state index >= 15 is 0 Å². The lowest BCUT2D eigenvalue weighted by atomic mass is 10.2. The molecule has 0 radical (unpaired) electrons. The second kappa shape index (κ2) is 9.03. The third kappa shape index (κ3) is 4.51. The zero-order valence-electron chi connectivity index (χ0n) is 18.9. The Morgan fingerprint density at radius 1 is 0.882 bits per heavy atom. The fourth-order valence-electron chi connectivity index (χ4n) is 3.55. The monoisotopic (exact) mass is 476 g/mol. The molecular formula is C25H24N4O4S. The van der Waals surface area contributed by atoms with Gasteiger partial charge in [0, 0.05) is 18.3 Å². The average molecular weight is 477 g/mol.